The average Bonchev–Trinajstić information content (AvgIpc) is 3.40. The summed E-state index contributed by atoms with van der Waals surface area (Å²) in [5.74, 6) is -1.46. The second kappa shape index (κ2) is 12.9. The van der Waals surface area contributed by atoms with Gasteiger partial charge in [-0.3, -0.25) is 4.98 Å². The van der Waals surface area contributed by atoms with Crippen molar-refractivity contribution < 1.29 is 43.0 Å². The molecule has 1 aliphatic rings. The molecule has 11 heteroatoms. The fourth-order valence-corrected chi connectivity index (χ4v) is 3.38. The number of alkyl halides is 3. The smallest absolute Gasteiger partial charge is 0.370 e. The van der Waals surface area contributed by atoms with E-state index in [1.165, 1.54) is 11.1 Å². The van der Waals surface area contributed by atoms with Gasteiger partial charge in [-0.15, -0.1) is 18.8 Å². The molecule has 0 radical (unpaired) electrons. The second-order valence-corrected chi connectivity index (χ2v) is 8.41. The van der Waals surface area contributed by atoms with Crippen LogP contribution in [0.5, 0.6) is 0 Å². The van der Waals surface area contributed by atoms with E-state index in [-0.39, 0.29) is 26.6 Å². The normalized spacial score (nSPS) is 12.7. The minimum atomic E-state index is -4.36. The predicted molar refractivity (Wildman–Crippen MR) is 135 cm³/mol. The summed E-state index contributed by atoms with van der Waals surface area (Å²) >= 11 is 0. The summed E-state index contributed by atoms with van der Waals surface area (Å²) in [5.41, 5.74) is 2.17. The molecule has 39 heavy (non-hydrogen) atoms. The molecular weight excluding hydrogens is 696 g/mol. The fourth-order valence-electron chi connectivity index (χ4n) is 3.38. The molecule has 1 aliphatic heterocycles. The number of hydrazone groups is 1. The van der Waals surface area contributed by atoms with Gasteiger partial charge in [0.05, 0.1) is 6.34 Å². The Morgan fingerprint density at radius 2 is 1.69 bits per heavy atom. The zero-order chi connectivity index (χ0) is 27.3. The first-order valence-corrected chi connectivity index (χ1v) is 11.4. The molecule has 0 N–H and O–H groups in total. The van der Waals surface area contributed by atoms with Gasteiger partial charge in [0.2, 0.25) is 0 Å². The first-order chi connectivity index (χ1) is 18.1. The molecule has 5 rings (SSSR count). The van der Waals surface area contributed by atoms with E-state index in [0.29, 0.717) is 17.3 Å². The van der Waals surface area contributed by atoms with Gasteiger partial charge in [-0.25, -0.2) is 8.78 Å². The van der Waals surface area contributed by atoms with Crippen molar-refractivity contribution in [2.24, 2.45) is 5.10 Å². The van der Waals surface area contributed by atoms with Gasteiger partial charge in [-0.2, -0.15) is 36.5 Å². The van der Waals surface area contributed by atoms with Crippen molar-refractivity contribution >= 4 is 17.7 Å². The fraction of sp³-hybridized carbons (Fsp3) is 0.143. The molecule has 0 saturated heterocycles. The molecule has 3 heterocycles. The van der Waals surface area contributed by atoms with Crippen molar-refractivity contribution in [1.29, 1.82) is 0 Å². The summed E-state index contributed by atoms with van der Waals surface area (Å²) < 4.78 is 63.6. The quantitative estimate of drug-likeness (QED) is 0.127. The third kappa shape index (κ3) is 7.69. The molecule has 0 unspecified atom stereocenters. The van der Waals surface area contributed by atoms with Gasteiger partial charge in [0, 0.05) is 32.9 Å². The second-order valence-electron chi connectivity index (χ2n) is 8.41. The van der Waals surface area contributed by atoms with Gasteiger partial charge in [0.15, 0.2) is 0 Å². The van der Waals surface area contributed by atoms with E-state index in [0.717, 1.165) is 29.4 Å². The summed E-state index contributed by atoms with van der Waals surface area (Å²) in [6.45, 7) is 5.73. The van der Waals surface area contributed by atoms with Gasteiger partial charge in [-0.1, -0.05) is 66.6 Å². The van der Waals surface area contributed by atoms with Crippen LogP contribution in [0.15, 0.2) is 78.0 Å². The van der Waals surface area contributed by atoms with Crippen molar-refractivity contribution in [3.63, 3.8) is 0 Å². The number of anilines is 2. The summed E-state index contributed by atoms with van der Waals surface area (Å²) in [5, 5.41) is 5.59. The molecule has 206 valence electrons. The summed E-state index contributed by atoms with van der Waals surface area (Å²) in [4.78, 5) is 8.94. The van der Waals surface area contributed by atoms with Crippen LogP contribution in [0.3, 0.4) is 0 Å². The summed E-state index contributed by atoms with van der Waals surface area (Å²) in [7, 11) is 0. The number of pyridine rings is 2. The van der Waals surface area contributed by atoms with Crippen molar-refractivity contribution in [1.82, 2.24) is 9.97 Å². The van der Waals surface area contributed by atoms with E-state index >= 15 is 0 Å². The van der Waals surface area contributed by atoms with Gasteiger partial charge in [0.1, 0.15) is 11.9 Å². The zero-order valence-electron chi connectivity index (χ0n) is 20.6. The Kier molecular flexibility index (Phi) is 9.91. The van der Waals surface area contributed by atoms with Crippen molar-refractivity contribution in [3.8, 4) is 11.3 Å². The molecule has 0 fully saturated rings. The van der Waals surface area contributed by atoms with Crippen LogP contribution < -0.4 is 9.91 Å². The van der Waals surface area contributed by atoms with Crippen LogP contribution in [0.4, 0.5) is 33.3 Å². The summed E-state index contributed by atoms with van der Waals surface area (Å²) in [6.07, 6.45) is -1.18. The molecule has 5 nitrogen and oxygen atoms in total. The monoisotopic (exact) mass is 717 g/mol. The van der Waals surface area contributed by atoms with E-state index in [1.807, 2.05) is 50.2 Å². The van der Waals surface area contributed by atoms with Gasteiger partial charge < -0.3 is 14.9 Å². The molecule has 0 atom stereocenters. The third-order valence-corrected chi connectivity index (χ3v) is 5.41. The molecular formula is C28H21F5N5Pt-3. The van der Waals surface area contributed by atoms with Crippen LogP contribution in [-0.2, 0) is 27.2 Å². The number of para-hydroxylation sites is 1. The topological polar surface area (TPSA) is 44.6 Å². The maximum absolute atomic E-state index is 13.4. The van der Waals surface area contributed by atoms with Gasteiger partial charge in [0.25, 0.3) is 0 Å². The number of hydrogen-bond acceptors (Lipinski definition) is 5. The Hall–Kier alpha value is -3.65. The maximum atomic E-state index is 13.4. The number of halogens is 5. The molecule has 2 aromatic carbocycles. The predicted octanol–water partition coefficient (Wildman–Crippen LogP) is 7.24. The Labute approximate surface area is 237 Å². The van der Waals surface area contributed by atoms with E-state index in [9.17, 15) is 22.0 Å². The maximum Gasteiger partial charge on any atom is 0.370 e. The van der Waals surface area contributed by atoms with Crippen molar-refractivity contribution in [3.05, 3.63) is 115 Å². The molecule has 0 amide bonds. The van der Waals surface area contributed by atoms with Crippen LogP contribution >= 0.6 is 0 Å². The molecule has 2 aromatic heterocycles. The van der Waals surface area contributed by atoms with Crippen LogP contribution in [-0.4, -0.2) is 16.3 Å². The Morgan fingerprint density at radius 3 is 2.31 bits per heavy atom. The number of aromatic nitrogens is 2. The van der Waals surface area contributed by atoms with Crippen LogP contribution in [0, 0.1) is 30.7 Å². The zero-order valence-corrected chi connectivity index (χ0v) is 22.9. The van der Waals surface area contributed by atoms with E-state index in [1.54, 1.807) is 30.2 Å². The van der Waals surface area contributed by atoms with Gasteiger partial charge >= 0.3 is 6.18 Å². The molecule has 0 aliphatic carbocycles. The SMILES string of the molecule is CC(C)c1ccnc(-c2[c-]cc(F)nc2F)c1.FC(F)(F)c1c[c-]c(N2[CH-]N(c3ccccc3)C=N2)cc1.[Pt]. The Balaban J connectivity index is 0.000000215. The Bertz CT molecular complexity index is 1400. The standard InChI is InChI=1S/C15H10F3N3.C13H11F2N2.Pt/c16-15(17,18)12-6-8-14(9-7-12)21-11-20(10-19-21)13-4-2-1-3-5-13;1-8(2)9-5-6-16-11(7-9)10-3-4-12(14)17-13(10)15;/h1-8,10-11H;4-8H,1-2H3;/q-2;-1;. The van der Waals surface area contributed by atoms with E-state index in [2.05, 4.69) is 27.2 Å². The largest absolute Gasteiger partial charge is 0.463 e. The number of hydrogen-bond donors (Lipinski definition) is 0. The number of nitrogens with zero attached hydrogens (tertiary/aromatic N) is 5. The minimum Gasteiger partial charge on any atom is -0.463 e. The molecule has 0 saturated carbocycles. The van der Waals surface area contributed by atoms with Crippen LogP contribution in [0.1, 0.15) is 30.9 Å². The third-order valence-electron chi connectivity index (χ3n) is 5.41. The van der Waals surface area contributed by atoms with Crippen molar-refractivity contribution in [2.45, 2.75) is 25.9 Å². The Morgan fingerprint density at radius 1 is 0.949 bits per heavy atom. The molecule has 0 spiro atoms. The number of rotatable bonds is 4. The first-order valence-electron chi connectivity index (χ1n) is 11.4. The first kappa shape index (κ1) is 29.9. The molecule has 4 aromatic rings. The van der Waals surface area contributed by atoms with Crippen molar-refractivity contribution in [2.75, 3.05) is 9.91 Å². The van der Waals surface area contributed by atoms with Gasteiger partial charge in [-0.05, 0) is 29.8 Å². The minimum absolute atomic E-state index is 0. The van der Waals surface area contributed by atoms with Crippen LogP contribution in [0.2, 0.25) is 0 Å². The average molecular weight is 718 g/mol. The van der Waals surface area contributed by atoms with E-state index < -0.39 is 23.6 Å². The van der Waals surface area contributed by atoms with E-state index in [4.69, 9.17) is 0 Å². The summed E-state index contributed by atoms with van der Waals surface area (Å²) in [6, 6.07) is 22.5. The molecule has 0 bridgehead atoms. The van der Waals surface area contributed by atoms with Crippen LogP contribution in [0.25, 0.3) is 11.3 Å². The number of benzene rings is 2.